The molecular weight excluding hydrogens is 230 g/mol. The van der Waals surface area contributed by atoms with Gasteiger partial charge >= 0.3 is 0 Å². The summed E-state index contributed by atoms with van der Waals surface area (Å²) in [5.74, 6) is 0.223. The van der Waals surface area contributed by atoms with E-state index in [-0.39, 0.29) is 5.78 Å². The van der Waals surface area contributed by atoms with E-state index < -0.39 is 5.92 Å². The van der Waals surface area contributed by atoms with Gasteiger partial charge in [-0.3, -0.25) is 4.79 Å². The van der Waals surface area contributed by atoms with Crippen LogP contribution in [0.2, 0.25) is 0 Å². The Morgan fingerprint density at radius 1 is 1.33 bits per heavy atom. The zero-order valence-corrected chi connectivity index (χ0v) is 11.1. The van der Waals surface area contributed by atoms with Crippen molar-refractivity contribution in [2.24, 2.45) is 5.92 Å². The number of Topliss-reactive ketones (excluding diaryl/α,β-unsaturated/α-hetero) is 1. The van der Waals surface area contributed by atoms with E-state index in [0.29, 0.717) is 23.5 Å². The summed E-state index contributed by atoms with van der Waals surface area (Å²) in [6, 6.07) is 5.39. The van der Waals surface area contributed by atoms with Gasteiger partial charge in [0.1, 0.15) is 17.4 Å². The molecule has 0 aliphatic heterocycles. The van der Waals surface area contributed by atoms with Crippen LogP contribution in [-0.2, 0) is 0 Å². The molecule has 0 radical (unpaired) electrons. The summed E-state index contributed by atoms with van der Waals surface area (Å²) >= 11 is 0. The van der Waals surface area contributed by atoms with Crippen molar-refractivity contribution in [3.05, 3.63) is 23.3 Å². The Balaban J connectivity index is 3.30. The molecule has 4 heteroatoms. The number of nitriles is 1. The van der Waals surface area contributed by atoms with Gasteiger partial charge in [0.05, 0.1) is 25.9 Å². The lowest BCUT2D eigenvalue weighted by Gasteiger charge is -2.13. The number of benzene rings is 1. The zero-order chi connectivity index (χ0) is 13.7. The maximum Gasteiger partial charge on any atom is 0.183 e. The lowest BCUT2D eigenvalue weighted by molar-refractivity contribution is 0.0943. The van der Waals surface area contributed by atoms with Crippen LogP contribution in [0.4, 0.5) is 0 Å². The molecule has 0 saturated carbocycles. The van der Waals surface area contributed by atoms with Gasteiger partial charge in [-0.15, -0.1) is 0 Å². The molecule has 0 amide bonds. The minimum atomic E-state index is -0.647. The Morgan fingerprint density at radius 2 is 1.94 bits per heavy atom. The van der Waals surface area contributed by atoms with Crippen molar-refractivity contribution in [1.29, 1.82) is 5.26 Å². The van der Waals surface area contributed by atoms with Gasteiger partial charge in [0, 0.05) is 0 Å². The van der Waals surface area contributed by atoms with Crippen molar-refractivity contribution in [3.63, 3.8) is 0 Å². The van der Waals surface area contributed by atoms with Gasteiger partial charge in [0.15, 0.2) is 5.78 Å². The van der Waals surface area contributed by atoms with Crippen molar-refractivity contribution in [3.8, 4) is 17.6 Å². The highest BCUT2D eigenvalue weighted by molar-refractivity contribution is 6.02. The van der Waals surface area contributed by atoms with Gasteiger partial charge in [-0.05, 0) is 31.0 Å². The molecule has 1 aromatic carbocycles. The number of hydrogen-bond acceptors (Lipinski definition) is 4. The van der Waals surface area contributed by atoms with Crippen molar-refractivity contribution in [1.82, 2.24) is 0 Å². The molecule has 0 aliphatic carbocycles. The number of nitrogens with zero attached hydrogens (tertiary/aromatic N) is 1. The highest BCUT2D eigenvalue weighted by Crippen LogP contribution is 2.30. The van der Waals surface area contributed by atoms with Crippen molar-refractivity contribution in [2.45, 2.75) is 20.3 Å². The number of carbonyl (C=O) groups excluding carboxylic acids is 1. The van der Waals surface area contributed by atoms with Gasteiger partial charge in [-0.25, -0.2) is 0 Å². The molecule has 0 heterocycles. The maximum absolute atomic E-state index is 12.2. The lowest BCUT2D eigenvalue weighted by Crippen LogP contribution is -2.13. The smallest absolute Gasteiger partial charge is 0.183 e. The van der Waals surface area contributed by atoms with Crippen LogP contribution in [-0.4, -0.2) is 20.0 Å². The summed E-state index contributed by atoms with van der Waals surface area (Å²) in [5.41, 5.74) is 1.28. The fourth-order valence-electron chi connectivity index (χ4n) is 1.77. The normalized spacial score (nSPS) is 11.5. The van der Waals surface area contributed by atoms with E-state index in [1.807, 2.05) is 19.9 Å². The van der Waals surface area contributed by atoms with Crippen LogP contribution in [0.25, 0.3) is 0 Å². The van der Waals surface area contributed by atoms with Crippen molar-refractivity contribution < 1.29 is 14.3 Å². The Morgan fingerprint density at radius 3 is 2.39 bits per heavy atom. The Kier molecular flexibility index (Phi) is 4.73. The average molecular weight is 247 g/mol. The average Bonchev–Trinajstić information content (AvgIpc) is 2.39. The minimum Gasteiger partial charge on any atom is -0.496 e. The predicted molar refractivity (Wildman–Crippen MR) is 68.0 cm³/mol. The topological polar surface area (TPSA) is 59.3 Å². The van der Waals surface area contributed by atoms with Crippen molar-refractivity contribution >= 4 is 5.78 Å². The van der Waals surface area contributed by atoms with Gasteiger partial charge < -0.3 is 9.47 Å². The van der Waals surface area contributed by atoms with Crippen LogP contribution in [0.3, 0.4) is 0 Å². The lowest BCUT2D eigenvalue weighted by atomic mass is 9.95. The first kappa shape index (κ1) is 14.0. The predicted octanol–water partition coefficient (Wildman–Crippen LogP) is 2.74. The number of carbonyl (C=O) groups is 1. The van der Waals surface area contributed by atoms with Gasteiger partial charge in [0.2, 0.25) is 0 Å². The largest absolute Gasteiger partial charge is 0.496 e. The molecule has 0 aliphatic rings. The maximum atomic E-state index is 12.2. The number of ether oxygens (including phenoxy) is 2. The molecule has 0 saturated heterocycles. The standard InChI is InChI=1S/C14H17NO3/c1-5-10(8-15)14(16)11-7-12(17-3)9(2)6-13(11)18-4/h6-7,10H,5H2,1-4H3. The number of rotatable bonds is 5. The second kappa shape index (κ2) is 6.06. The van der Waals surface area contributed by atoms with Crippen molar-refractivity contribution in [2.75, 3.05) is 14.2 Å². The first-order valence-corrected chi connectivity index (χ1v) is 5.75. The fourth-order valence-corrected chi connectivity index (χ4v) is 1.77. The highest BCUT2D eigenvalue weighted by atomic mass is 16.5. The van der Waals surface area contributed by atoms with E-state index >= 15 is 0 Å². The Bertz CT molecular complexity index is 489. The van der Waals surface area contributed by atoms with Gasteiger partial charge in [0.25, 0.3) is 0 Å². The summed E-state index contributed by atoms with van der Waals surface area (Å²) in [6.07, 6.45) is 0.481. The van der Waals surface area contributed by atoms with Crippen LogP contribution in [0.1, 0.15) is 29.3 Å². The van der Waals surface area contributed by atoms with E-state index in [0.717, 1.165) is 5.56 Å². The van der Waals surface area contributed by atoms with Crippen LogP contribution in [0, 0.1) is 24.2 Å². The van der Waals surface area contributed by atoms with E-state index in [1.165, 1.54) is 7.11 Å². The Labute approximate surface area is 107 Å². The molecule has 1 atom stereocenters. The van der Waals surface area contributed by atoms with Crippen LogP contribution < -0.4 is 9.47 Å². The summed E-state index contributed by atoms with van der Waals surface area (Å²) in [4.78, 5) is 12.2. The third kappa shape index (κ3) is 2.62. The molecule has 0 bridgehead atoms. The Hall–Kier alpha value is -2.02. The second-order valence-corrected chi connectivity index (χ2v) is 3.98. The molecule has 0 N–H and O–H groups in total. The third-order valence-electron chi connectivity index (χ3n) is 2.86. The molecule has 18 heavy (non-hydrogen) atoms. The highest BCUT2D eigenvalue weighted by Gasteiger charge is 2.22. The molecule has 4 nitrogen and oxygen atoms in total. The molecule has 0 spiro atoms. The minimum absolute atomic E-state index is 0.227. The van der Waals surface area contributed by atoms with E-state index in [9.17, 15) is 4.79 Å². The quantitative estimate of drug-likeness (QED) is 0.751. The van der Waals surface area contributed by atoms with Crippen LogP contribution in [0.15, 0.2) is 12.1 Å². The number of methoxy groups -OCH3 is 2. The van der Waals surface area contributed by atoms with Crippen LogP contribution >= 0.6 is 0 Å². The summed E-state index contributed by atoms with van der Waals surface area (Å²) in [5, 5.41) is 8.96. The SMILES string of the molecule is CCC(C#N)C(=O)c1cc(OC)c(C)cc1OC. The molecule has 96 valence electrons. The van der Waals surface area contributed by atoms with E-state index in [4.69, 9.17) is 14.7 Å². The van der Waals surface area contributed by atoms with Crippen LogP contribution in [0.5, 0.6) is 11.5 Å². The van der Waals surface area contributed by atoms with Gasteiger partial charge in [-0.1, -0.05) is 6.92 Å². The van der Waals surface area contributed by atoms with E-state index in [1.54, 1.807) is 19.2 Å². The summed E-state index contributed by atoms with van der Waals surface area (Å²) in [6.45, 7) is 3.68. The summed E-state index contributed by atoms with van der Waals surface area (Å²) in [7, 11) is 3.05. The number of ketones is 1. The second-order valence-electron chi connectivity index (χ2n) is 3.98. The van der Waals surface area contributed by atoms with Gasteiger partial charge in [-0.2, -0.15) is 5.26 Å². The number of hydrogen-bond donors (Lipinski definition) is 0. The monoisotopic (exact) mass is 247 g/mol. The molecule has 1 aromatic rings. The fraction of sp³-hybridized carbons (Fsp3) is 0.429. The molecule has 1 rings (SSSR count). The first-order chi connectivity index (χ1) is 8.58. The first-order valence-electron chi connectivity index (χ1n) is 5.75. The molecule has 0 aromatic heterocycles. The molecular formula is C14H17NO3. The third-order valence-corrected chi connectivity index (χ3v) is 2.86. The van der Waals surface area contributed by atoms with E-state index in [2.05, 4.69) is 0 Å². The molecule has 0 fully saturated rings. The number of aryl methyl sites for hydroxylation is 1. The summed E-state index contributed by atoms with van der Waals surface area (Å²) < 4.78 is 10.4. The zero-order valence-electron chi connectivity index (χ0n) is 11.1. The molecule has 1 unspecified atom stereocenters.